The van der Waals surface area contributed by atoms with Gasteiger partial charge >= 0.3 is 0 Å². The highest BCUT2D eigenvalue weighted by atomic mass is 35.5. The van der Waals surface area contributed by atoms with Gasteiger partial charge in [0.05, 0.1) is 13.5 Å². The normalized spacial score (nSPS) is 11.6. The lowest BCUT2D eigenvalue weighted by molar-refractivity contribution is -0.140. The Labute approximate surface area is 171 Å². The van der Waals surface area contributed by atoms with Gasteiger partial charge in [-0.05, 0) is 48.7 Å². The van der Waals surface area contributed by atoms with E-state index in [4.69, 9.17) is 16.3 Å². The summed E-state index contributed by atoms with van der Waals surface area (Å²) in [6.07, 6.45) is 0.735. The summed E-state index contributed by atoms with van der Waals surface area (Å²) in [5, 5.41) is 3.46. The molecular formula is C22H27ClN2O3. The predicted molar refractivity (Wildman–Crippen MR) is 111 cm³/mol. The molecule has 0 bridgehead atoms. The summed E-state index contributed by atoms with van der Waals surface area (Å²) in [6.45, 7) is 4.63. The third-order valence-electron chi connectivity index (χ3n) is 4.49. The Hall–Kier alpha value is -2.53. The van der Waals surface area contributed by atoms with Crippen LogP contribution in [-0.4, -0.2) is 36.4 Å². The minimum atomic E-state index is -0.536. The van der Waals surface area contributed by atoms with Gasteiger partial charge in [0, 0.05) is 18.1 Å². The fourth-order valence-corrected chi connectivity index (χ4v) is 3.18. The monoisotopic (exact) mass is 402 g/mol. The van der Waals surface area contributed by atoms with E-state index in [-0.39, 0.29) is 18.2 Å². The summed E-state index contributed by atoms with van der Waals surface area (Å²) < 4.78 is 5.28. The Kier molecular flexibility index (Phi) is 8.33. The number of benzene rings is 2. The molecule has 0 fully saturated rings. The van der Waals surface area contributed by atoms with Crippen molar-refractivity contribution in [1.82, 2.24) is 10.2 Å². The fourth-order valence-electron chi connectivity index (χ4n) is 3.06. The molecule has 0 aliphatic carbocycles. The van der Waals surface area contributed by atoms with Gasteiger partial charge in [0.1, 0.15) is 11.8 Å². The molecule has 0 aliphatic rings. The number of carbonyl (C=O) groups is 2. The number of rotatable bonds is 9. The lowest BCUT2D eigenvalue weighted by Gasteiger charge is -2.30. The van der Waals surface area contributed by atoms with Crippen molar-refractivity contribution in [3.05, 3.63) is 64.7 Å². The number of carbonyl (C=O) groups excluding carboxylic acids is 2. The number of ether oxygens (including phenoxy) is 1. The van der Waals surface area contributed by atoms with Gasteiger partial charge in [-0.1, -0.05) is 42.8 Å². The maximum atomic E-state index is 13.1. The van der Waals surface area contributed by atoms with Crippen molar-refractivity contribution in [1.29, 1.82) is 0 Å². The summed E-state index contributed by atoms with van der Waals surface area (Å²) in [5.41, 5.74) is 1.77. The molecule has 2 aromatic rings. The lowest BCUT2D eigenvalue weighted by atomic mass is 10.1. The van der Waals surface area contributed by atoms with E-state index in [1.165, 1.54) is 0 Å². The Morgan fingerprint density at radius 3 is 2.43 bits per heavy atom. The molecule has 0 saturated carbocycles. The molecule has 150 valence electrons. The van der Waals surface area contributed by atoms with E-state index >= 15 is 0 Å². The second-order valence-electron chi connectivity index (χ2n) is 6.50. The molecule has 1 N–H and O–H groups in total. The van der Waals surface area contributed by atoms with Gasteiger partial charge in [0.2, 0.25) is 11.8 Å². The number of hydrogen-bond acceptors (Lipinski definition) is 3. The third kappa shape index (κ3) is 5.99. The molecule has 2 amide bonds. The van der Waals surface area contributed by atoms with Gasteiger partial charge in [-0.25, -0.2) is 0 Å². The van der Waals surface area contributed by atoms with E-state index in [0.717, 1.165) is 11.1 Å². The zero-order valence-corrected chi connectivity index (χ0v) is 17.3. The molecule has 28 heavy (non-hydrogen) atoms. The first kappa shape index (κ1) is 21.8. The maximum Gasteiger partial charge on any atom is 0.242 e. The largest absolute Gasteiger partial charge is 0.497 e. The Bertz CT molecular complexity index is 793. The average molecular weight is 403 g/mol. The van der Waals surface area contributed by atoms with Crippen molar-refractivity contribution in [2.45, 2.75) is 39.3 Å². The highest BCUT2D eigenvalue weighted by Gasteiger charge is 2.28. The van der Waals surface area contributed by atoms with Crippen molar-refractivity contribution < 1.29 is 14.3 Å². The first-order valence-corrected chi connectivity index (χ1v) is 9.80. The molecule has 1 atom stereocenters. The molecule has 0 aromatic heterocycles. The number of halogens is 1. The molecule has 0 saturated heterocycles. The Morgan fingerprint density at radius 1 is 1.11 bits per heavy atom. The Morgan fingerprint density at radius 2 is 1.82 bits per heavy atom. The molecule has 0 radical (unpaired) electrons. The van der Waals surface area contributed by atoms with Crippen LogP contribution in [0, 0.1) is 0 Å². The minimum Gasteiger partial charge on any atom is -0.497 e. The predicted octanol–water partition coefficient (Wildman–Crippen LogP) is 3.83. The van der Waals surface area contributed by atoms with Crippen LogP contribution in [0.15, 0.2) is 48.5 Å². The minimum absolute atomic E-state index is 0.108. The van der Waals surface area contributed by atoms with E-state index in [0.29, 0.717) is 30.3 Å². The van der Waals surface area contributed by atoms with Gasteiger partial charge < -0.3 is 15.0 Å². The molecule has 0 unspecified atom stereocenters. The van der Waals surface area contributed by atoms with Crippen LogP contribution in [0.3, 0.4) is 0 Å². The van der Waals surface area contributed by atoms with E-state index in [2.05, 4.69) is 5.32 Å². The van der Waals surface area contributed by atoms with Crippen molar-refractivity contribution in [2.24, 2.45) is 0 Å². The van der Waals surface area contributed by atoms with Gasteiger partial charge in [-0.3, -0.25) is 9.59 Å². The summed E-state index contributed by atoms with van der Waals surface area (Å²) in [4.78, 5) is 27.4. The van der Waals surface area contributed by atoms with E-state index < -0.39 is 6.04 Å². The summed E-state index contributed by atoms with van der Waals surface area (Å²) in [6, 6.07) is 14.2. The molecular weight excluding hydrogens is 376 g/mol. The number of likely N-dealkylation sites (N-methyl/N-ethyl adjacent to an activating group) is 1. The second-order valence-corrected chi connectivity index (χ2v) is 6.93. The van der Waals surface area contributed by atoms with Gasteiger partial charge in [-0.15, -0.1) is 0 Å². The van der Waals surface area contributed by atoms with E-state index in [1.54, 1.807) is 24.1 Å². The number of nitrogens with zero attached hydrogens (tertiary/aromatic N) is 1. The van der Waals surface area contributed by atoms with Gasteiger partial charge in [-0.2, -0.15) is 0 Å². The van der Waals surface area contributed by atoms with Crippen LogP contribution < -0.4 is 10.1 Å². The molecule has 0 aliphatic heterocycles. The smallest absolute Gasteiger partial charge is 0.242 e. The van der Waals surface area contributed by atoms with Crippen LogP contribution in [0.25, 0.3) is 0 Å². The van der Waals surface area contributed by atoms with Crippen molar-refractivity contribution in [3.8, 4) is 5.75 Å². The maximum absolute atomic E-state index is 13.1. The van der Waals surface area contributed by atoms with Crippen LogP contribution in [0.2, 0.25) is 5.02 Å². The van der Waals surface area contributed by atoms with Gasteiger partial charge in [0.25, 0.3) is 0 Å². The average Bonchev–Trinajstić information content (AvgIpc) is 2.70. The molecule has 0 spiro atoms. The molecule has 2 aromatic carbocycles. The van der Waals surface area contributed by atoms with Crippen molar-refractivity contribution in [2.75, 3.05) is 13.7 Å². The quantitative estimate of drug-likeness (QED) is 0.693. The highest BCUT2D eigenvalue weighted by molar-refractivity contribution is 6.30. The fraction of sp³-hybridized carbons (Fsp3) is 0.364. The van der Waals surface area contributed by atoms with Crippen LogP contribution >= 0.6 is 11.6 Å². The van der Waals surface area contributed by atoms with Crippen LogP contribution in [0.5, 0.6) is 5.75 Å². The summed E-state index contributed by atoms with van der Waals surface area (Å²) >= 11 is 5.94. The van der Waals surface area contributed by atoms with Crippen LogP contribution in [0.4, 0.5) is 0 Å². The molecule has 0 heterocycles. The zero-order chi connectivity index (χ0) is 20.5. The number of amides is 2. The lowest BCUT2D eigenvalue weighted by Crippen LogP contribution is -2.49. The number of hydrogen-bond donors (Lipinski definition) is 1. The SMILES string of the molecule is CCNC(=O)[C@H](CC)N(Cc1cccc(OC)c1)C(=O)Cc1ccc(Cl)cc1. The summed E-state index contributed by atoms with van der Waals surface area (Å²) in [5.74, 6) is 0.467. The first-order chi connectivity index (χ1) is 13.5. The topological polar surface area (TPSA) is 58.6 Å². The molecule has 5 nitrogen and oxygen atoms in total. The second kappa shape index (κ2) is 10.7. The molecule has 2 rings (SSSR count). The van der Waals surface area contributed by atoms with Crippen LogP contribution in [0.1, 0.15) is 31.4 Å². The summed E-state index contributed by atoms with van der Waals surface area (Å²) in [7, 11) is 1.60. The number of methoxy groups -OCH3 is 1. The first-order valence-electron chi connectivity index (χ1n) is 9.43. The standard InChI is InChI=1S/C22H27ClN2O3/c1-4-20(22(27)24-5-2)25(15-17-7-6-8-19(13-17)28-3)21(26)14-16-9-11-18(23)12-10-16/h6-13,20H,4-5,14-15H2,1-3H3,(H,24,27)/t20-/m0/s1. The highest BCUT2D eigenvalue weighted by Crippen LogP contribution is 2.19. The zero-order valence-electron chi connectivity index (χ0n) is 16.6. The molecule has 6 heteroatoms. The van der Waals surface area contributed by atoms with Crippen molar-refractivity contribution in [3.63, 3.8) is 0 Å². The third-order valence-corrected chi connectivity index (χ3v) is 4.74. The van der Waals surface area contributed by atoms with Gasteiger partial charge in [0.15, 0.2) is 0 Å². The van der Waals surface area contributed by atoms with E-state index in [1.807, 2.05) is 50.2 Å². The van der Waals surface area contributed by atoms with E-state index in [9.17, 15) is 9.59 Å². The van der Waals surface area contributed by atoms with Crippen LogP contribution in [-0.2, 0) is 22.6 Å². The Balaban J connectivity index is 2.28. The number of nitrogens with one attached hydrogen (secondary N) is 1. The van der Waals surface area contributed by atoms with Crippen molar-refractivity contribution >= 4 is 23.4 Å².